The average molecular weight is 491 g/mol. The lowest BCUT2D eigenvalue weighted by Crippen LogP contribution is -2.41. The largest absolute Gasteiger partial charge is 0.340 e. The van der Waals surface area contributed by atoms with Crippen LogP contribution in [-0.2, 0) is 21.4 Å². The minimum atomic E-state index is -4.01. The molecular formula is C24H24Cl2N2O3S. The molecule has 3 aromatic rings. The summed E-state index contributed by atoms with van der Waals surface area (Å²) in [7, 11) is -2.37. The van der Waals surface area contributed by atoms with E-state index in [1.165, 1.54) is 4.90 Å². The van der Waals surface area contributed by atoms with Gasteiger partial charge in [-0.3, -0.25) is 9.10 Å². The molecule has 8 heteroatoms. The van der Waals surface area contributed by atoms with Gasteiger partial charge in [-0.25, -0.2) is 8.42 Å². The molecule has 5 nitrogen and oxygen atoms in total. The topological polar surface area (TPSA) is 57.7 Å². The predicted octanol–water partition coefficient (Wildman–Crippen LogP) is 5.46. The first kappa shape index (κ1) is 24.1. The van der Waals surface area contributed by atoms with Gasteiger partial charge in [-0.05, 0) is 61.4 Å². The van der Waals surface area contributed by atoms with Gasteiger partial charge < -0.3 is 4.90 Å². The van der Waals surface area contributed by atoms with E-state index in [0.29, 0.717) is 27.8 Å². The fraction of sp³-hybridized carbons (Fsp3) is 0.208. The molecule has 0 aromatic heterocycles. The second-order valence-corrected chi connectivity index (χ2v) is 10.3. The van der Waals surface area contributed by atoms with E-state index < -0.39 is 10.0 Å². The molecule has 0 radical (unpaired) electrons. The van der Waals surface area contributed by atoms with E-state index in [0.717, 1.165) is 15.4 Å². The van der Waals surface area contributed by atoms with Crippen LogP contribution in [0.2, 0.25) is 10.0 Å². The number of carbonyl (C=O) groups is 1. The van der Waals surface area contributed by atoms with Gasteiger partial charge >= 0.3 is 0 Å². The minimum absolute atomic E-state index is 0.107. The molecule has 0 aliphatic carbocycles. The van der Waals surface area contributed by atoms with E-state index in [9.17, 15) is 13.2 Å². The maximum absolute atomic E-state index is 13.6. The van der Waals surface area contributed by atoms with Crippen LogP contribution in [0, 0.1) is 13.8 Å². The van der Waals surface area contributed by atoms with Crippen molar-refractivity contribution in [3.63, 3.8) is 0 Å². The Kier molecular flexibility index (Phi) is 7.49. The van der Waals surface area contributed by atoms with Crippen LogP contribution >= 0.6 is 23.2 Å². The third-order valence-corrected chi connectivity index (χ3v) is 7.59. The zero-order valence-corrected chi connectivity index (χ0v) is 20.4. The lowest BCUT2D eigenvalue weighted by Gasteiger charge is -2.28. The van der Waals surface area contributed by atoms with Gasteiger partial charge in [-0.1, -0.05) is 59.1 Å². The van der Waals surface area contributed by atoms with Crippen LogP contribution in [0.25, 0.3) is 0 Å². The summed E-state index contributed by atoms with van der Waals surface area (Å²) >= 11 is 12.2. The molecule has 0 bridgehead atoms. The highest BCUT2D eigenvalue weighted by Crippen LogP contribution is 2.31. The lowest BCUT2D eigenvalue weighted by molar-refractivity contribution is -0.128. The van der Waals surface area contributed by atoms with E-state index in [1.54, 1.807) is 68.6 Å². The van der Waals surface area contributed by atoms with E-state index in [-0.39, 0.29) is 17.3 Å². The molecule has 3 rings (SSSR count). The smallest absolute Gasteiger partial charge is 0.264 e. The summed E-state index contributed by atoms with van der Waals surface area (Å²) in [5.41, 5.74) is 2.77. The summed E-state index contributed by atoms with van der Waals surface area (Å²) in [4.78, 5) is 14.7. The summed E-state index contributed by atoms with van der Waals surface area (Å²) < 4.78 is 28.2. The van der Waals surface area contributed by atoms with Gasteiger partial charge in [0.25, 0.3) is 10.0 Å². The van der Waals surface area contributed by atoms with E-state index in [4.69, 9.17) is 23.2 Å². The average Bonchev–Trinajstić information content (AvgIpc) is 2.76. The van der Waals surface area contributed by atoms with Gasteiger partial charge in [0.2, 0.25) is 5.91 Å². The molecule has 0 aliphatic heterocycles. The maximum atomic E-state index is 13.6. The van der Waals surface area contributed by atoms with Crippen molar-refractivity contribution in [1.82, 2.24) is 4.90 Å². The number of sulfonamides is 1. The zero-order valence-electron chi connectivity index (χ0n) is 18.0. The van der Waals surface area contributed by atoms with Crippen LogP contribution in [0.4, 0.5) is 5.69 Å². The highest BCUT2D eigenvalue weighted by Gasteiger charge is 2.29. The maximum Gasteiger partial charge on any atom is 0.264 e. The number of hydrogen-bond acceptors (Lipinski definition) is 3. The molecule has 32 heavy (non-hydrogen) atoms. The van der Waals surface area contributed by atoms with Crippen molar-refractivity contribution < 1.29 is 13.2 Å². The lowest BCUT2D eigenvalue weighted by atomic mass is 10.2. The van der Waals surface area contributed by atoms with Crippen molar-refractivity contribution >= 4 is 44.8 Å². The fourth-order valence-electron chi connectivity index (χ4n) is 3.20. The molecule has 0 spiro atoms. The van der Waals surface area contributed by atoms with Crippen molar-refractivity contribution in [1.29, 1.82) is 0 Å². The monoisotopic (exact) mass is 490 g/mol. The van der Waals surface area contributed by atoms with Crippen LogP contribution in [0.1, 0.15) is 16.7 Å². The first-order chi connectivity index (χ1) is 15.1. The molecular weight excluding hydrogens is 467 g/mol. The van der Waals surface area contributed by atoms with Gasteiger partial charge in [0.05, 0.1) is 10.6 Å². The van der Waals surface area contributed by atoms with Crippen molar-refractivity contribution in [3.05, 3.63) is 93.5 Å². The number of carbonyl (C=O) groups excluding carboxylic acids is 1. The Hall–Kier alpha value is -2.54. The zero-order chi connectivity index (χ0) is 23.5. The molecule has 0 N–H and O–H groups in total. The fourth-order valence-corrected chi connectivity index (χ4v) is 4.97. The van der Waals surface area contributed by atoms with Gasteiger partial charge in [-0.15, -0.1) is 0 Å². The number of aryl methyl sites for hydroxylation is 1. The van der Waals surface area contributed by atoms with Crippen LogP contribution < -0.4 is 4.31 Å². The summed E-state index contributed by atoms with van der Waals surface area (Å²) in [6.07, 6.45) is 0. The Balaban J connectivity index is 1.95. The number of halogens is 2. The normalized spacial score (nSPS) is 11.3. The van der Waals surface area contributed by atoms with Crippen LogP contribution in [0.3, 0.4) is 0 Å². The number of hydrogen-bond donors (Lipinski definition) is 0. The van der Waals surface area contributed by atoms with Crippen molar-refractivity contribution in [2.24, 2.45) is 0 Å². The molecule has 168 valence electrons. The molecule has 3 aromatic carbocycles. The molecule has 0 saturated carbocycles. The standard InChI is InChI=1S/C24H24Cl2N2O3S/c1-17-7-13-21(14-8-17)32(30,31)28(23-6-4-5-22(26)18(23)2)16-24(29)27(3)15-19-9-11-20(25)12-10-19/h4-14H,15-16H2,1-3H3. The Bertz CT molecular complexity index is 1210. The van der Waals surface area contributed by atoms with Gasteiger partial charge in [-0.2, -0.15) is 0 Å². The number of rotatable bonds is 7. The molecule has 1 amide bonds. The van der Waals surface area contributed by atoms with Crippen LogP contribution in [0.15, 0.2) is 71.6 Å². The summed E-state index contributed by atoms with van der Waals surface area (Å²) in [5.74, 6) is -0.352. The number of anilines is 1. The number of nitrogens with zero attached hydrogens (tertiary/aromatic N) is 2. The SMILES string of the molecule is Cc1ccc(S(=O)(=O)N(CC(=O)N(C)Cc2ccc(Cl)cc2)c2cccc(Cl)c2C)cc1. The molecule has 0 atom stereocenters. The molecule has 0 unspecified atom stereocenters. The molecule has 0 saturated heterocycles. The first-order valence-corrected chi connectivity index (χ1v) is 12.1. The van der Waals surface area contributed by atoms with E-state index in [1.807, 2.05) is 19.1 Å². The quantitative estimate of drug-likeness (QED) is 0.441. The van der Waals surface area contributed by atoms with Crippen molar-refractivity contribution in [2.75, 3.05) is 17.9 Å². The minimum Gasteiger partial charge on any atom is -0.340 e. The second-order valence-electron chi connectivity index (χ2n) is 7.58. The molecule has 0 fully saturated rings. The number of likely N-dealkylation sites (N-methyl/N-ethyl adjacent to an activating group) is 1. The van der Waals surface area contributed by atoms with Crippen molar-refractivity contribution in [2.45, 2.75) is 25.3 Å². The van der Waals surface area contributed by atoms with Crippen LogP contribution in [-0.4, -0.2) is 32.8 Å². The van der Waals surface area contributed by atoms with Crippen LogP contribution in [0.5, 0.6) is 0 Å². The summed E-state index contributed by atoms with van der Waals surface area (Å²) in [6, 6.07) is 18.7. The van der Waals surface area contributed by atoms with Crippen molar-refractivity contribution in [3.8, 4) is 0 Å². The Morgan fingerprint density at radius 2 is 1.53 bits per heavy atom. The first-order valence-electron chi connectivity index (χ1n) is 9.92. The third kappa shape index (κ3) is 5.44. The number of benzene rings is 3. The Morgan fingerprint density at radius 3 is 2.16 bits per heavy atom. The number of amides is 1. The van der Waals surface area contributed by atoms with Gasteiger partial charge in [0, 0.05) is 23.6 Å². The molecule has 0 aliphatic rings. The Morgan fingerprint density at radius 1 is 0.906 bits per heavy atom. The Labute approximate surface area is 199 Å². The van der Waals surface area contributed by atoms with E-state index >= 15 is 0 Å². The van der Waals surface area contributed by atoms with Gasteiger partial charge in [0.15, 0.2) is 0 Å². The summed E-state index contributed by atoms with van der Waals surface area (Å²) in [5, 5.41) is 1.03. The molecule has 0 heterocycles. The second kappa shape index (κ2) is 9.94. The predicted molar refractivity (Wildman–Crippen MR) is 130 cm³/mol. The summed E-state index contributed by atoms with van der Waals surface area (Å²) in [6.45, 7) is 3.58. The highest BCUT2D eigenvalue weighted by atomic mass is 35.5. The highest BCUT2D eigenvalue weighted by molar-refractivity contribution is 7.92. The third-order valence-electron chi connectivity index (χ3n) is 5.15. The van der Waals surface area contributed by atoms with E-state index in [2.05, 4.69) is 0 Å². The van der Waals surface area contributed by atoms with Gasteiger partial charge in [0.1, 0.15) is 6.54 Å².